The van der Waals surface area contributed by atoms with E-state index in [9.17, 15) is 9.59 Å². The smallest absolute Gasteiger partial charge is 0.255 e. The van der Waals surface area contributed by atoms with Gasteiger partial charge in [-0.05, 0) is 44.5 Å². The highest BCUT2D eigenvalue weighted by molar-refractivity contribution is 6.33. The number of nitrogens with zero attached hydrogens (tertiary/aromatic N) is 2. The Labute approximate surface area is 169 Å². The first-order valence-electron chi connectivity index (χ1n) is 9.44. The van der Waals surface area contributed by atoms with Crippen molar-refractivity contribution in [3.05, 3.63) is 63.2 Å². The molecular formula is C22H23ClN2O3. The van der Waals surface area contributed by atoms with Crippen molar-refractivity contribution in [3.8, 4) is 5.75 Å². The third kappa shape index (κ3) is 2.68. The molecule has 0 aromatic heterocycles. The molecule has 6 heteroatoms. The van der Waals surface area contributed by atoms with Gasteiger partial charge in [0.25, 0.3) is 11.8 Å². The van der Waals surface area contributed by atoms with Gasteiger partial charge in [0.05, 0.1) is 24.7 Å². The van der Waals surface area contributed by atoms with Crippen molar-refractivity contribution in [1.82, 2.24) is 9.80 Å². The molecule has 0 bridgehead atoms. The quantitative estimate of drug-likeness (QED) is 0.765. The molecule has 0 fully saturated rings. The Morgan fingerprint density at radius 1 is 0.929 bits per heavy atom. The highest BCUT2D eigenvalue weighted by atomic mass is 35.5. The molecule has 28 heavy (non-hydrogen) atoms. The summed E-state index contributed by atoms with van der Waals surface area (Å²) in [6, 6.07) is 9.14. The lowest BCUT2D eigenvalue weighted by molar-refractivity contribution is 0.0712. The predicted molar refractivity (Wildman–Crippen MR) is 108 cm³/mol. The van der Waals surface area contributed by atoms with Gasteiger partial charge in [0.15, 0.2) is 0 Å². The summed E-state index contributed by atoms with van der Waals surface area (Å²) >= 11 is 6.74. The van der Waals surface area contributed by atoms with Crippen LogP contribution in [0.3, 0.4) is 0 Å². The molecule has 0 aliphatic carbocycles. The lowest BCUT2D eigenvalue weighted by atomic mass is 10.0. The topological polar surface area (TPSA) is 49.9 Å². The van der Waals surface area contributed by atoms with Crippen molar-refractivity contribution in [2.24, 2.45) is 0 Å². The highest BCUT2D eigenvalue weighted by Gasteiger charge is 2.36. The zero-order chi connectivity index (χ0) is 20.2. The Hall–Kier alpha value is -2.53. The number of carbonyl (C=O) groups excluding carboxylic acids is 2. The molecule has 0 radical (unpaired) electrons. The van der Waals surface area contributed by atoms with Gasteiger partial charge in [-0.3, -0.25) is 9.59 Å². The fourth-order valence-electron chi connectivity index (χ4n) is 4.13. The van der Waals surface area contributed by atoms with Gasteiger partial charge in [-0.25, -0.2) is 0 Å². The van der Waals surface area contributed by atoms with Crippen LogP contribution >= 0.6 is 11.6 Å². The number of halogens is 1. The minimum absolute atomic E-state index is 0.0143. The normalized spacial score (nSPS) is 16.6. The molecule has 2 aliphatic rings. The van der Waals surface area contributed by atoms with Crippen LogP contribution in [0, 0.1) is 0 Å². The minimum atomic E-state index is -0.217. The Bertz CT molecular complexity index is 986. The number of methoxy groups -OCH3 is 1. The second-order valence-electron chi connectivity index (χ2n) is 7.62. The maximum absolute atomic E-state index is 13.0. The zero-order valence-corrected chi connectivity index (χ0v) is 17.2. The monoisotopic (exact) mass is 398 g/mol. The number of ether oxygens (including phenoxy) is 1. The van der Waals surface area contributed by atoms with Crippen LogP contribution in [0.5, 0.6) is 5.75 Å². The van der Waals surface area contributed by atoms with Gasteiger partial charge in [0.1, 0.15) is 5.75 Å². The van der Waals surface area contributed by atoms with Crippen LogP contribution in [0.4, 0.5) is 0 Å². The molecule has 146 valence electrons. The van der Waals surface area contributed by atoms with E-state index >= 15 is 0 Å². The first-order valence-corrected chi connectivity index (χ1v) is 9.82. The molecule has 2 aliphatic heterocycles. The molecule has 2 amide bonds. The van der Waals surface area contributed by atoms with Crippen LogP contribution in [0.2, 0.25) is 5.02 Å². The molecule has 5 nitrogen and oxygen atoms in total. The molecule has 0 saturated heterocycles. The summed E-state index contributed by atoms with van der Waals surface area (Å²) in [6.07, 6.45) is 0. The summed E-state index contributed by atoms with van der Waals surface area (Å²) in [5.41, 5.74) is 3.95. The molecule has 0 N–H and O–H groups in total. The highest BCUT2D eigenvalue weighted by Crippen LogP contribution is 2.40. The van der Waals surface area contributed by atoms with Gasteiger partial charge < -0.3 is 14.5 Å². The Balaban J connectivity index is 1.68. The van der Waals surface area contributed by atoms with Gasteiger partial charge in [0.2, 0.25) is 0 Å². The number of carbonyl (C=O) groups is 2. The number of hydrogen-bond acceptors (Lipinski definition) is 3. The summed E-state index contributed by atoms with van der Waals surface area (Å²) in [5, 5.41) is 0.581. The van der Waals surface area contributed by atoms with E-state index < -0.39 is 0 Å². The van der Waals surface area contributed by atoms with Gasteiger partial charge in [-0.15, -0.1) is 0 Å². The van der Waals surface area contributed by atoms with E-state index in [1.54, 1.807) is 12.0 Å². The van der Waals surface area contributed by atoms with Crippen molar-refractivity contribution in [3.63, 3.8) is 0 Å². The molecule has 2 aromatic carbocycles. The zero-order valence-electron chi connectivity index (χ0n) is 16.5. The summed E-state index contributed by atoms with van der Waals surface area (Å²) in [6.45, 7) is 6.95. The first kappa shape index (κ1) is 18.8. The maximum atomic E-state index is 13.0. The van der Waals surface area contributed by atoms with Gasteiger partial charge in [0, 0.05) is 34.8 Å². The molecule has 2 aromatic rings. The van der Waals surface area contributed by atoms with Crippen molar-refractivity contribution in [2.45, 2.75) is 45.9 Å². The number of amides is 2. The standard InChI is InChI=1S/C22H23ClN2O3/c1-12(2)24-11-18-16(21(24)26)9-8-14(20(18)23)13(3)25-10-17-15(22(25)27)6-5-7-19(17)28-4/h5-9,12-13H,10-11H2,1-4H3. The Kier molecular flexibility index (Phi) is 4.58. The lowest BCUT2D eigenvalue weighted by Gasteiger charge is -2.26. The molecule has 0 saturated carbocycles. The van der Waals surface area contributed by atoms with Crippen LogP contribution in [-0.2, 0) is 13.1 Å². The number of rotatable bonds is 4. The average molecular weight is 399 g/mol. The van der Waals surface area contributed by atoms with Gasteiger partial charge >= 0.3 is 0 Å². The first-order chi connectivity index (χ1) is 13.3. The second-order valence-corrected chi connectivity index (χ2v) is 8.00. The van der Waals surface area contributed by atoms with Crippen molar-refractivity contribution >= 4 is 23.4 Å². The average Bonchev–Trinajstić information content (AvgIpc) is 3.20. The summed E-state index contributed by atoms with van der Waals surface area (Å²) in [5.74, 6) is 0.706. The summed E-state index contributed by atoms with van der Waals surface area (Å²) < 4.78 is 5.42. The van der Waals surface area contributed by atoms with Crippen LogP contribution in [-0.4, -0.2) is 34.8 Å². The van der Waals surface area contributed by atoms with Crippen molar-refractivity contribution in [1.29, 1.82) is 0 Å². The molecule has 2 heterocycles. The number of hydrogen-bond donors (Lipinski definition) is 0. The SMILES string of the molecule is COc1cccc2c1CN(C(C)c1ccc3c(c1Cl)CN(C(C)C)C3=O)C2=O. The van der Waals surface area contributed by atoms with Crippen LogP contribution < -0.4 is 4.74 Å². The predicted octanol–water partition coefficient (Wildman–Crippen LogP) is 4.43. The van der Waals surface area contributed by atoms with E-state index in [0.29, 0.717) is 29.2 Å². The fraction of sp³-hybridized carbons (Fsp3) is 0.364. The fourth-order valence-corrected chi connectivity index (χ4v) is 4.51. The molecule has 0 spiro atoms. The van der Waals surface area contributed by atoms with E-state index in [-0.39, 0.29) is 23.9 Å². The third-order valence-electron chi connectivity index (χ3n) is 5.81. The summed E-state index contributed by atoms with van der Waals surface area (Å²) in [7, 11) is 1.61. The van der Waals surface area contributed by atoms with Crippen LogP contribution in [0.15, 0.2) is 30.3 Å². The van der Waals surface area contributed by atoms with Crippen LogP contribution in [0.1, 0.15) is 64.2 Å². The molecule has 4 rings (SSSR count). The van der Waals surface area contributed by atoms with E-state index in [1.807, 2.05) is 56.0 Å². The van der Waals surface area contributed by atoms with Gasteiger partial charge in [-0.2, -0.15) is 0 Å². The summed E-state index contributed by atoms with van der Waals surface area (Å²) in [4.78, 5) is 29.2. The minimum Gasteiger partial charge on any atom is -0.496 e. The third-order valence-corrected chi connectivity index (χ3v) is 6.25. The maximum Gasteiger partial charge on any atom is 0.255 e. The van der Waals surface area contributed by atoms with E-state index in [2.05, 4.69) is 0 Å². The second kappa shape index (κ2) is 6.82. The van der Waals surface area contributed by atoms with E-state index in [1.165, 1.54) is 0 Å². The van der Waals surface area contributed by atoms with E-state index in [0.717, 1.165) is 22.4 Å². The number of benzene rings is 2. The van der Waals surface area contributed by atoms with E-state index in [4.69, 9.17) is 16.3 Å². The lowest BCUT2D eigenvalue weighted by Crippen LogP contribution is -2.30. The van der Waals surface area contributed by atoms with Crippen LogP contribution in [0.25, 0.3) is 0 Å². The molecule has 1 atom stereocenters. The van der Waals surface area contributed by atoms with Gasteiger partial charge in [-0.1, -0.05) is 23.7 Å². The van der Waals surface area contributed by atoms with Crippen molar-refractivity contribution < 1.29 is 14.3 Å². The Morgan fingerprint density at radius 3 is 2.25 bits per heavy atom. The van der Waals surface area contributed by atoms with Crippen molar-refractivity contribution in [2.75, 3.05) is 7.11 Å². The molecule has 1 unspecified atom stereocenters. The Morgan fingerprint density at radius 2 is 1.57 bits per heavy atom. The largest absolute Gasteiger partial charge is 0.496 e. The number of fused-ring (bicyclic) bond motifs is 2. The molecular weight excluding hydrogens is 376 g/mol.